The fraction of sp³-hybridized carbons (Fsp3) is 0.974. The van der Waals surface area contributed by atoms with Crippen LogP contribution in [0.3, 0.4) is 0 Å². The van der Waals surface area contributed by atoms with Crippen molar-refractivity contribution in [2.24, 2.45) is 47.3 Å². The zero-order valence-electron chi connectivity index (χ0n) is 32.5. The normalized spacial score (nSPS) is 52.4. The zero-order valence-corrected chi connectivity index (χ0v) is 32.5. The number of carbonyl (C=O) groups is 1. The molecule has 1 N–H and O–H groups in total. The van der Waals surface area contributed by atoms with Crippen LogP contribution in [0.25, 0.3) is 0 Å². The molecule has 0 unspecified atom stereocenters. The van der Waals surface area contributed by atoms with E-state index in [-0.39, 0.29) is 49.3 Å². The van der Waals surface area contributed by atoms with Gasteiger partial charge in [0.05, 0.1) is 19.8 Å². The maximum atomic E-state index is 15.4. The van der Waals surface area contributed by atoms with Gasteiger partial charge < -0.3 is 33.5 Å². The van der Waals surface area contributed by atoms with Crippen LogP contribution >= 0.6 is 0 Å². The van der Waals surface area contributed by atoms with Crippen LogP contribution < -0.4 is 0 Å². The lowest BCUT2D eigenvalue weighted by Gasteiger charge is -2.62. The Labute approximate surface area is 314 Å². The molecule has 0 radical (unpaired) electrons. The minimum atomic E-state index is -4.94. The van der Waals surface area contributed by atoms with Crippen LogP contribution in [0.4, 0.5) is 13.2 Å². The molecule has 308 valence electrons. The molecule has 16 heteroatoms. The summed E-state index contributed by atoms with van der Waals surface area (Å²) in [5.74, 6) is -8.78. The predicted molar refractivity (Wildman–Crippen MR) is 179 cm³/mol. The molecule has 4 bridgehead atoms. The number of rotatable bonds is 10. The number of hydrogen-bond donors (Lipinski definition) is 1. The summed E-state index contributed by atoms with van der Waals surface area (Å²) in [4.78, 5) is 37.5. The highest BCUT2D eigenvalue weighted by atomic mass is 19.4. The Bertz CT molecular complexity index is 1440. The molecular weight excluding hydrogens is 719 g/mol. The molecule has 8 aliphatic heterocycles. The van der Waals surface area contributed by atoms with E-state index < -0.39 is 84.1 Å². The summed E-state index contributed by atoms with van der Waals surface area (Å²) in [7, 11) is 0. The summed E-state index contributed by atoms with van der Waals surface area (Å²) in [6.07, 6.45) is -1.28. The first-order chi connectivity index (χ1) is 25.3. The summed E-state index contributed by atoms with van der Waals surface area (Å²) in [5, 5.41) is 9.78. The van der Waals surface area contributed by atoms with Gasteiger partial charge in [0.1, 0.15) is 0 Å². The third kappa shape index (κ3) is 5.93. The predicted octanol–water partition coefficient (Wildman–Crippen LogP) is 6.14. The average Bonchev–Trinajstić information content (AvgIpc) is 3.46. The summed E-state index contributed by atoms with van der Waals surface area (Å²) in [6, 6.07) is 0. The van der Waals surface area contributed by atoms with E-state index in [9.17, 15) is 9.90 Å². The van der Waals surface area contributed by atoms with Gasteiger partial charge in [-0.15, -0.1) is 0 Å². The number of alkyl halides is 3. The fourth-order valence-electron chi connectivity index (χ4n) is 11.9. The molecule has 2 spiro atoms. The number of aliphatic carboxylic acids is 1. The SMILES string of the molecule is C[C@@H]1CC[C@H]2[C@@H](C)[C@@](C)(OCCN(CCO[C@@]3(C(F)(F)F)O[C@@H]4O[C@]5(C)CC[C@H]6[C@H](C)CC[C@@H]([C@H]3C)[C@@]46OO5)CC(=O)O)O[C@@H]3O[C@@]4(C)CC[C@@H]1[C@]32OO4. The third-order valence-corrected chi connectivity index (χ3v) is 15.1. The number of fused-ring (bicyclic) bond motifs is 4. The summed E-state index contributed by atoms with van der Waals surface area (Å²) < 4.78 is 83.7. The smallest absolute Gasteiger partial charge is 0.443 e. The second-order valence-corrected chi connectivity index (χ2v) is 18.2. The Morgan fingerprint density at radius 3 is 1.70 bits per heavy atom. The molecule has 2 aliphatic carbocycles. The van der Waals surface area contributed by atoms with Crippen molar-refractivity contribution in [1.29, 1.82) is 0 Å². The molecule has 13 nitrogen and oxygen atoms in total. The fourth-order valence-corrected chi connectivity index (χ4v) is 11.9. The van der Waals surface area contributed by atoms with E-state index in [1.807, 2.05) is 13.8 Å². The first-order valence-corrected chi connectivity index (χ1v) is 20.1. The number of carboxylic acid groups (broad SMARTS) is 1. The Kier molecular flexibility index (Phi) is 9.86. The first-order valence-electron chi connectivity index (χ1n) is 20.1. The van der Waals surface area contributed by atoms with E-state index in [1.165, 1.54) is 11.8 Å². The van der Waals surface area contributed by atoms with E-state index in [0.29, 0.717) is 31.6 Å². The molecule has 0 aromatic heterocycles. The topological polar surface area (TPSA) is 133 Å². The molecule has 8 heterocycles. The van der Waals surface area contributed by atoms with E-state index in [4.69, 9.17) is 48.0 Å². The van der Waals surface area contributed by atoms with E-state index in [2.05, 4.69) is 20.8 Å². The molecule has 8 saturated heterocycles. The molecule has 0 amide bonds. The standard InChI is InChI=1S/C38H58F3NO12/c1-21-8-10-27-23(3)34(7,49-30-35(27)25(21)12-14-32(5,47-30)51-53-35)45-18-16-42(20-29(43)44)17-19-46-37(38(39,40)41)24(4)28-11-9-22(2)26-13-15-33(6)48-31(50-37)36(26,28)54-52-33/h21-28,30-31H,8-20H2,1-7H3,(H,43,44)/t21-,22-,23-,24-,25+,26+,27+,28+,30+,31+,32-,33+,34+,35-,36-,37-/m1/s1. The van der Waals surface area contributed by atoms with Gasteiger partial charge in [0.25, 0.3) is 5.79 Å². The van der Waals surface area contributed by atoms with Crippen molar-refractivity contribution < 1.29 is 71.0 Å². The van der Waals surface area contributed by atoms with Crippen LogP contribution in [-0.4, -0.2) is 102 Å². The maximum Gasteiger partial charge on any atom is 0.443 e. The highest BCUT2D eigenvalue weighted by Crippen LogP contribution is 2.65. The second kappa shape index (κ2) is 13.4. The van der Waals surface area contributed by atoms with Crippen molar-refractivity contribution in [2.75, 3.05) is 32.8 Å². The van der Waals surface area contributed by atoms with Gasteiger partial charge in [-0.2, -0.15) is 13.2 Å². The van der Waals surface area contributed by atoms with Crippen LogP contribution in [0, 0.1) is 47.3 Å². The molecule has 10 fully saturated rings. The zero-order chi connectivity index (χ0) is 38.7. The average molecular weight is 778 g/mol. The highest BCUT2D eigenvalue weighted by molar-refractivity contribution is 5.69. The van der Waals surface area contributed by atoms with Crippen molar-refractivity contribution in [3.8, 4) is 0 Å². The highest BCUT2D eigenvalue weighted by Gasteiger charge is 2.77. The summed E-state index contributed by atoms with van der Waals surface area (Å²) >= 11 is 0. The quantitative estimate of drug-likeness (QED) is 0.255. The summed E-state index contributed by atoms with van der Waals surface area (Å²) in [6.45, 7) is 12.4. The van der Waals surface area contributed by atoms with E-state index in [1.54, 1.807) is 6.92 Å². The van der Waals surface area contributed by atoms with Crippen molar-refractivity contribution in [1.82, 2.24) is 4.90 Å². The number of ether oxygens (including phenoxy) is 6. The minimum Gasteiger partial charge on any atom is -0.480 e. The Balaban J connectivity index is 0.960. The number of carboxylic acids is 1. The van der Waals surface area contributed by atoms with Gasteiger partial charge in [0.2, 0.25) is 11.6 Å². The lowest BCUT2D eigenvalue weighted by atomic mass is 9.57. The molecule has 2 saturated carbocycles. The lowest BCUT2D eigenvalue weighted by molar-refractivity contribution is -0.598. The van der Waals surface area contributed by atoms with Gasteiger partial charge in [-0.05, 0) is 83.0 Å². The van der Waals surface area contributed by atoms with Gasteiger partial charge >= 0.3 is 12.1 Å². The van der Waals surface area contributed by atoms with Crippen molar-refractivity contribution in [3.05, 3.63) is 0 Å². The molecule has 10 aliphatic rings. The van der Waals surface area contributed by atoms with E-state index >= 15 is 13.2 Å². The molecule has 54 heavy (non-hydrogen) atoms. The number of hydrogen-bond acceptors (Lipinski definition) is 12. The Morgan fingerprint density at radius 2 is 1.19 bits per heavy atom. The van der Waals surface area contributed by atoms with Crippen LogP contribution in [0.15, 0.2) is 0 Å². The van der Waals surface area contributed by atoms with Crippen LogP contribution in [0.1, 0.15) is 99.8 Å². The minimum absolute atomic E-state index is 0.0127. The van der Waals surface area contributed by atoms with Gasteiger partial charge in [-0.25, -0.2) is 19.6 Å². The lowest BCUT2D eigenvalue weighted by Crippen LogP contribution is -2.76. The van der Waals surface area contributed by atoms with Crippen LogP contribution in [0.2, 0.25) is 0 Å². The molecule has 0 aromatic carbocycles. The van der Waals surface area contributed by atoms with Crippen LogP contribution in [-0.2, 0) is 52.8 Å². The van der Waals surface area contributed by atoms with E-state index in [0.717, 1.165) is 25.7 Å². The van der Waals surface area contributed by atoms with Crippen molar-refractivity contribution in [2.45, 2.75) is 153 Å². The van der Waals surface area contributed by atoms with Crippen molar-refractivity contribution in [3.63, 3.8) is 0 Å². The summed E-state index contributed by atoms with van der Waals surface area (Å²) in [5.41, 5.74) is -1.98. The van der Waals surface area contributed by atoms with Gasteiger partial charge in [-0.1, -0.05) is 27.7 Å². The Hall–Kier alpha value is -1.18. The van der Waals surface area contributed by atoms with Gasteiger partial charge in [0, 0.05) is 49.6 Å². The van der Waals surface area contributed by atoms with Crippen LogP contribution in [0.5, 0.6) is 0 Å². The molecule has 16 atom stereocenters. The molecule has 10 rings (SSSR count). The Morgan fingerprint density at radius 1 is 0.685 bits per heavy atom. The van der Waals surface area contributed by atoms with Gasteiger partial charge in [-0.3, -0.25) is 9.69 Å². The molecule has 0 aromatic rings. The monoisotopic (exact) mass is 777 g/mol. The van der Waals surface area contributed by atoms with Gasteiger partial charge in [0.15, 0.2) is 29.6 Å². The number of halogens is 3. The second-order valence-electron chi connectivity index (χ2n) is 18.2. The first kappa shape index (κ1) is 39.6. The number of nitrogens with zero attached hydrogens (tertiary/aromatic N) is 1. The van der Waals surface area contributed by atoms with Crippen molar-refractivity contribution >= 4 is 5.97 Å². The third-order valence-electron chi connectivity index (χ3n) is 15.1. The maximum absolute atomic E-state index is 15.4. The molecular formula is C38H58F3NO12. The largest absolute Gasteiger partial charge is 0.480 e.